The Morgan fingerprint density at radius 3 is 2.50 bits per heavy atom. The van der Waals surface area contributed by atoms with Gasteiger partial charge in [-0.25, -0.2) is 0 Å². The molecule has 0 bridgehead atoms. The minimum atomic E-state index is 0.0702. The third kappa shape index (κ3) is 6.01. The molecule has 2 rings (SSSR count). The second-order valence-electron chi connectivity index (χ2n) is 6.06. The van der Waals surface area contributed by atoms with Crippen LogP contribution in [0.1, 0.15) is 24.5 Å². The van der Waals surface area contributed by atoms with Gasteiger partial charge in [-0.05, 0) is 36.6 Å². The third-order valence-corrected chi connectivity index (χ3v) is 3.95. The van der Waals surface area contributed by atoms with Crippen LogP contribution in [-0.4, -0.2) is 25.5 Å². The van der Waals surface area contributed by atoms with Crippen molar-refractivity contribution in [2.75, 3.05) is 25.0 Å². The number of carbonyl (C=O) groups excluding carboxylic acids is 1. The van der Waals surface area contributed by atoms with Crippen molar-refractivity contribution >= 4 is 17.7 Å². The number of rotatable bonds is 8. The molecule has 0 radical (unpaired) electrons. The van der Waals surface area contributed by atoms with E-state index in [4.69, 9.17) is 0 Å². The summed E-state index contributed by atoms with van der Waals surface area (Å²) in [6.45, 7) is 6.49. The lowest BCUT2D eigenvalue weighted by Crippen LogP contribution is -3.12. The summed E-state index contributed by atoms with van der Waals surface area (Å²) in [4.78, 5) is 13.6. The molecule has 0 aliphatic rings. The standard InChI is InChI=1S/C21H26N2O/c1-3-15-23(16-9-13-19-11-5-4-6-12-19)17-21(24)22-20-14-8-7-10-18(20)2/h4-14H,3,15-17H2,1-2H3,(H,22,24)/p+1/b13-9+. The Kier molecular flexibility index (Phi) is 7.24. The van der Waals surface area contributed by atoms with Gasteiger partial charge in [0.05, 0.1) is 13.1 Å². The number of aryl methyl sites for hydroxylation is 1. The first-order valence-electron chi connectivity index (χ1n) is 8.59. The summed E-state index contributed by atoms with van der Waals surface area (Å²) in [5.74, 6) is 0.0702. The molecule has 1 unspecified atom stereocenters. The van der Waals surface area contributed by atoms with Gasteiger partial charge in [0.15, 0.2) is 6.54 Å². The molecule has 1 amide bonds. The van der Waals surface area contributed by atoms with Crippen molar-refractivity contribution in [3.8, 4) is 0 Å². The smallest absolute Gasteiger partial charge is 0.279 e. The molecule has 0 aromatic heterocycles. The fourth-order valence-electron chi connectivity index (χ4n) is 2.68. The SMILES string of the molecule is CCC[NH+](C/C=C/c1ccccc1)CC(=O)Nc1ccccc1C. The van der Waals surface area contributed by atoms with E-state index in [1.54, 1.807) is 0 Å². The first kappa shape index (κ1) is 18.0. The molecule has 24 heavy (non-hydrogen) atoms. The zero-order chi connectivity index (χ0) is 17.2. The van der Waals surface area contributed by atoms with Gasteiger partial charge in [-0.15, -0.1) is 0 Å². The number of amides is 1. The zero-order valence-corrected chi connectivity index (χ0v) is 14.6. The van der Waals surface area contributed by atoms with Crippen LogP contribution in [-0.2, 0) is 4.79 Å². The summed E-state index contributed by atoms with van der Waals surface area (Å²) in [6, 6.07) is 18.1. The molecule has 0 aliphatic heterocycles. The Morgan fingerprint density at radius 1 is 1.08 bits per heavy atom. The minimum Gasteiger partial charge on any atom is -0.324 e. The highest BCUT2D eigenvalue weighted by molar-refractivity contribution is 5.92. The van der Waals surface area contributed by atoms with Crippen LogP contribution in [0.2, 0.25) is 0 Å². The molecule has 0 saturated heterocycles. The molecular formula is C21H27N2O+. The quantitative estimate of drug-likeness (QED) is 0.769. The second kappa shape index (κ2) is 9.68. The van der Waals surface area contributed by atoms with Gasteiger partial charge in [-0.2, -0.15) is 0 Å². The molecule has 3 nitrogen and oxygen atoms in total. The van der Waals surface area contributed by atoms with Crippen molar-refractivity contribution in [2.24, 2.45) is 0 Å². The van der Waals surface area contributed by atoms with Crippen LogP contribution in [0.3, 0.4) is 0 Å². The highest BCUT2D eigenvalue weighted by Crippen LogP contribution is 2.12. The molecule has 2 N–H and O–H groups in total. The van der Waals surface area contributed by atoms with Crippen molar-refractivity contribution in [1.82, 2.24) is 0 Å². The minimum absolute atomic E-state index is 0.0702. The lowest BCUT2D eigenvalue weighted by molar-refractivity contribution is -0.885. The highest BCUT2D eigenvalue weighted by atomic mass is 16.2. The summed E-state index contributed by atoms with van der Waals surface area (Å²) in [7, 11) is 0. The van der Waals surface area contributed by atoms with Crippen LogP contribution in [0.4, 0.5) is 5.69 Å². The van der Waals surface area contributed by atoms with Crippen molar-refractivity contribution in [3.05, 3.63) is 71.8 Å². The summed E-state index contributed by atoms with van der Waals surface area (Å²) in [5, 5.41) is 3.02. The number of anilines is 1. The predicted molar refractivity (Wildman–Crippen MR) is 101 cm³/mol. The van der Waals surface area contributed by atoms with Gasteiger partial charge >= 0.3 is 0 Å². The summed E-state index contributed by atoms with van der Waals surface area (Å²) < 4.78 is 0. The molecule has 3 heteroatoms. The van der Waals surface area contributed by atoms with Crippen LogP contribution in [0.15, 0.2) is 60.7 Å². The number of hydrogen-bond donors (Lipinski definition) is 2. The fraction of sp³-hybridized carbons (Fsp3) is 0.286. The van der Waals surface area contributed by atoms with E-state index in [1.807, 2.05) is 49.4 Å². The van der Waals surface area contributed by atoms with E-state index in [0.717, 1.165) is 30.8 Å². The number of carbonyl (C=O) groups is 1. The number of para-hydroxylation sites is 1. The lowest BCUT2D eigenvalue weighted by Gasteiger charge is -2.17. The monoisotopic (exact) mass is 323 g/mol. The lowest BCUT2D eigenvalue weighted by atomic mass is 10.2. The molecule has 1 atom stereocenters. The molecule has 0 saturated carbocycles. The van der Waals surface area contributed by atoms with Crippen molar-refractivity contribution in [1.29, 1.82) is 0 Å². The Bertz CT molecular complexity index is 665. The normalized spacial score (nSPS) is 12.2. The van der Waals surface area contributed by atoms with Gasteiger partial charge in [-0.3, -0.25) is 4.79 Å². The van der Waals surface area contributed by atoms with Gasteiger partial charge in [0, 0.05) is 5.69 Å². The summed E-state index contributed by atoms with van der Waals surface area (Å²) in [6.07, 6.45) is 5.34. The first-order chi connectivity index (χ1) is 11.7. The summed E-state index contributed by atoms with van der Waals surface area (Å²) in [5.41, 5.74) is 3.18. The number of hydrogen-bond acceptors (Lipinski definition) is 1. The van der Waals surface area contributed by atoms with Crippen LogP contribution in [0.25, 0.3) is 6.08 Å². The second-order valence-corrected chi connectivity index (χ2v) is 6.06. The maximum atomic E-state index is 12.3. The predicted octanol–water partition coefficient (Wildman–Crippen LogP) is 2.94. The van der Waals surface area contributed by atoms with Crippen LogP contribution >= 0.6 is 0 Å². The number of benzene rings is 2. The largest absolute Gasteiger partial charge is 0.324 e. The molecule has 0 spiro atoms. The Morgan fingerprint density at radius 2 is 1.79 bits per heavy atom. The Balaban J connectivity index is 1.89. The molecule has 0 fully saturated rings. The van der Waals surface area contributed by atoms with Crippen LogP contribution in [0.5, 0.6) is 0 Å². The molecule has 2 aromatic rings. The van der Waals surface area contributed by atoms with E-state index in [1.165, 1.54) is 10.5 Å². The molecule has 0 aliphatic carbocycles. The van der Waals surface area contributed by atoms with E-state index in [2.05, 4.69) is 36.5 Å². The van der Waals surface area contributed by atoms with E-state index in [-0.39, 0.29) is 5.91 Å². The summed E-state index contributed by atoms with van der Waals surface area (Å²) >= 11 is 0. The Labute approximate surface area is 145 Å². The fourth-order valence-corrected chi connectivity index (χ4v) is 2.68. The van der Waals surface area contributed by atoms with Crippen molar-refractivity contribution in [3.63, 3.8) is 0 Å². The molecule has 126 valence electrons. The van der Waals surface area contributed by atoms with E-state index in [0.29, 0.717) is 6.54 Å². The zero-order valence-electron chi connectivity index (χ0n) is 14.6. The topological polar surface area (TPSA) is 33.5 Å². The van der Waals surface area contributed by atoms with Crippen LogP contribution < -0.4 is 10.2 Å². The van der Waals surface area contributed by atoms with E-state index < -0.39 is 0 Å². The van der Waals surface area contributed by atoms with Gasteiger partial charge in [0.2, 0.25) is 0 Å². The maximum absolute atomic E-state index is 12.3. The van der Waals surface area contributed by atoms with Gasteiger partial charge in [0.25, 0.3) is 5.91 Å². The highest BCUT2D eigenvalue weighted by Gasteiger charge is 2.13. The van der Waals surface area contributed by atoms with Gasteiger partial charge in [-0.1, -0.05) is 61.5 Å². The van der Waals surface area contributed by atoms with E-state index in [9.17, 15) is 4.79 Å². The molecule has 2 aromatic carbocycles. The molecule has 0 heterocycles. The number of nitrogens with one attached hydrogen (secondary N) is 2. The average Bonchev–Trinajstić information content (AvgIpc) is 2.58. The number of quaternary nitrogens is 1. The van der Waals surface area contributed by atoms with Gasteiger partial charge < -0.3 is 10.2 Å². The van der Waals surface area contributed by atoms with E-state index >= 15 is 0 Å². The average molecular weight is 323 g/mol. The molecular weight excluding hydrogens is 296 g/mol. The maximum Gasteiger partial charge on any atom is 0.279 e. The van der Waals surface area contributed by atoms with Crippen LogP contribution in [0, 0.1) is 6.92 Å². The third-order valence-electron chi connectivity index (χ3n) is 3.95. The first-order valence-corrected chi connectivity index (χ1v) is 8.59. The Hall–Kier alpha value is -2.39. The van der Waals surface area contributed by atoms with Gasteiger partial charge in [0.1, 0.15) is 0 Å². The van der Waals surface area contributed by atoms with Crippen molar-refractivity contribution < 1.29 is 9.69 Å². The van der Waals surface area contributed by atoms with Crippen molar-refractivity contribution in [2.45, 2.75) is 20.3 Å².